The Labute approximate surface area is 145 Å². The predicted molar refractivity (Wildman–Crippen MR) is 97.4 cm³/mol. The average Bonchev–Trinajstić information content (AvgIpc) is 2.94. The van der Waals surface area contributed by atoms with E-state index in [4.69, 9.17) is 9.47 Å². The van der Waals surface area contributed by atoms with Crippen LogP contribution in [-0.4, -0.2) is 36.7 Å². The summed E-state index contributed by atoms with van der Waals surface area (Å²) in [5, 5.41) is 0. The van der Waals surface area contributed by atoms with Gasteiger partial charge in [-0.25, -0.2) is 4.99 Å². The third-order valence-electron chi connectivity index (χ3n) is 4.58. The molecule has 2 aliphatic heterocycles. The van der Waals surface area contributed by atoms with E-state index in [1.165, 1.54) is 11.1 Å². The molecule has 4 heteroatoms. The molecule has 1 aromatic carbocycles. The number of rotatable bonds is 4. The Morgan fingerprint density at radius 1 is 1.25 bits per heavy atom. The van der Waals surface area contributed by atoms with Gasteiger partial charge in [0.2, 0.25) is 0 Å². The molecule has 0 N–H and O–H groups in total. The van der Waals surface area contributed by atoms with Crippen molar-refractivity contribution in [2.75, 3.05) is 19.7 Å². The third-order valence-corrected chi connectivity index (χ3v) is 4.58. The van der Waals surface area contributed by atoms with Crippen LogP contribution in [0.3, 0.4) is 0 Å². The molecule has 1 atom stereocenters. The quantitative estimate of drug-likeness (QED) is 0.838. The zero-order chi connectivity index (χ0) is 17.3. The molecule has 0 saturated carbocycles. The highest BCUT2D eigenvalue weighted by Gasteiger charge is 2.32. The first kappa shape index (κ1) is 16.9. The van der Waals surface area contributed by atoms with Crippen LogP contribution in [0.5, 0.6) is 5.75 Å². The number of aliphatic imine (C=N–C) groups is 1. The number of hydrogen-bond acceptors (Lipinski definition) is 4. The first-order valence-corrected chi connectivity index (χ1v) is 8.74. The predicted octanol–water partition coefficient (Wildman–Crippen LogP) is 3.97. The van der Waals surface area contributed by atoms with Gasteiger partial charge in [0.25, 0.3) is 6.02 Å². The normalized spacial score (nSPS) is 20.4. The third kappa shape index (κ3) is 3.74. The molecular weight excluding hydrogens is 300 g/mol. The number of ether oxygens (including phenoxy) is 2. The van der Waals surface area contributed by atoms with E-state index in [0.29, 0.717) is 12.5 Å². The summed E-state index contributed by atoms with van der Waals surface area (Å²) in [5.74, 6) is 1.41. The molecule has 0 radical (unpaired) electrons. The first-order chi connectivity index (χ1) is 11.3. The Kier molecular flexibility index (Phi) is 4.57. The van der Waals surface area contributed by atoms with Crippen LogP contribution < -0.4 is 4.74 Å². The van der Waals surface area contributed by atoms with Gasteiger partial charge in [0.05, 0.1) is 6.54 Å². The minimum atomic E-state index is 0.0333. The summed E-state index contributed by atoms with van der Waals surface area (Å²) >= 11 is 0. The van der Waals surface area contributed by atoms with Gasteiger partial charge in [0.15, 0.2) is 6.10 Å². The molecule has 2 aliphatic rings. The zero-order valence-corrected chi connectivity index (χ0v) is 15.4. The van der Waals surface area contributed by atoms with Gasteiger partial charge >= 0.3 is 0 Å². The fraction of sp³-hybridized carbons (Fsp3) is 0.550. The maximum atomic E-state index is 5.91. The van der Waals surface area contributed by atoms with E-state index in [9.17, 15) is 0 Å². The van der Waals surface area contributed by atoms with Crippen LogP contribution in [-0.2, 0) is 10.2 Å². The van der Waals surface area contributed by atoms with Gasteiger partial charge in [0, 0.05) is 12.7 Å². The van der Waals surface area contributed by atoms with E-state index in [-0.39, 0.29) is 11.5 Å². The van der Waals surface area contributed by atoms with Crippen LogP contribution >= 0.6 is 0 Å². The van der Waals surface area contributed by atoms with Crippen LogP contribution in [0.2, 0.25) is 0 Å². The molecule has 0 spiro atoms. The van der Waals surface area contributed by atoms with Crippen molar-refractivity contribution in [1.29, 1.82) is 0 Å². The van der Waals surface area contributed by atoms with Gasteiger partial charge in [-0.05, 0) is 34.6 Å². The largest absolute Gasteiger partial charge is 0.490 e. The Morgan fingerprint density at radius 3 is 2.58 bits per heavy atom. The van der Waals surface area contributed by atoms with Gasteiger partial charge in [0.1, 0.15) is 12.4 Å². The number of amidine groups is 1. The molecule has 1 saturated heterocycles. The molecule has 3 rings (SSSR count). The Bertz CT molecular complexity index is 639. The lowest BCUT2D eigenvalue weighted by Crippen LogP contribution is -2.32. The molecular formula is C20H28N2O2. The van der Waals surface area contributed by atoms with Gasteiger partial charge in [-0.15, -0.1) is 0 Å². The number of fused-ring (bicyclic) bond motifs is 1. The minimum absolute atomic E-state index is 0.0333. The molecule has 1 aromatic rings. The maximum absolute atomic E-state index is 5.91. The summed E-state index contributed by atoms with van der Waals surface area (Å²) in [5.41, 5.74) is 2.82. The number of benzene rings is 1. The lowest BCUT2D eigenvalue weighted by molar-refractivity contribution is 0.146. The van der Waals surface area contributed by atoms with E-state index in [0.717, 1.165) is 24.9 Å². The lowest BCUT2D eigenvalue weighted by atomic mass is 9.87. The van der Waals surface area contributed by atoms with Crippen molar-refractivity contribution in [3.63, 3.8) is 0 Å². The SMILES string of the molecule is CC(C)C1=CN=C2O[C@H](COc3ccc(C(C)(C)C)cc3)CN2C1. The van der Waals surface area contributed by atoms with Crippen molar-refractivity contribution in [2.45, 2.75) is 46.1 Å². The molecule has 2 heterocycles. The standard InChI is InChI=1S/C20H28N2O2/c1-14(2)15-10-21-19-22(11-15)12-18(24-19)13-23-17-8-6-16(7-9-17)20(3,4)5/h6-10,14,18H,11-13H2,1-5H3/t18-/m0/s1. The summed E-state index contributed by atoms with van der Waals surface area (Å²) in [6, 6.07) is 9.09. The Hall–Kier alpha value is -1.97. The second kappa shape index (κ2) is 6.50. The monoisotopic (exact) mass is 328 g/mol. The second-order valence-electron chi connectivity index (χ2n) is 7.98. The smallest absolute Gasteiger partial charge is 0.292 e. The summed E-state index contributed by atoms with van der Waals surface area (Å²) in [7, 11) is 0. The molecule has 1 fully saturated rings. The summed E-state index contributed by atoms with van der Waals surface area (Å²) in [6.07, 6.45) is 1.98. The summed E-state index contributed by atoms with van der Waals surface area (Å²) in [6.45, 7) is 13.3. The van der Waals surface area contributed by atoms with Crippen LogP contribution in [0, 0.1) is 5.92 Å². The van der Waals surface area contributed by atoms with Crippen LogP contribution in [0.25, 0.3) is 0 Å². The Balaban J connectivity index is 1.53. The lowest BCUT2D eigenvalue weighted by Gasteiger charge is -2.22. The molecule has 0 aromatic heterocycles. The number of nitrogens with zero attached hydrogens (tertiary/aromatic N) is 2. The highest BCUT2D eigenvalue weighted by atomic mass is 16.6. The first-order valence-electron chi connectivity index (χ1n) is 8.74. The molecule has 0 unspecified atom stereocenters. The number of hydrogen-bond donors (Lipinski definition) is 0. The van der Waals surface area contributed by atoms with E-state index < -0.39 is 0 Å². The van der Waals surface area contributed by atoms with Gasteiger partial charge in [-0.3, -0.25) is 0 Å². The molecule has 24 heavy (non-hydrogen) atoms. The summed E-state index contributed by atoms with van der Waals surface area (Å²) in [4.78, 5) is 6.64. The van der Waals surface area contributed by atoms with Crippen molar-refractivity contribution >= 4 is 6.02 Å². The van der Waals surface area contributed by atoms with E-state index in [1.807, 2.05) is 18.3 Å². The van der Waals surface area contributed by atoms with Crippen molar-refractivity contribution < 1.29 is 9.47 Å². The molecule has 0 aliphatic carbocycles. The van der Waals surface area contributed by atoms with E-state index >= 15 is 0 Å². The molecule has 130 valence electrons. The molecule has 4 nitrogen and oxygen atoms in total. The van der Waals surface area contributed by atoms with Gasteiger partial charge < -0.3 is 14.4 Å². The molecule has 0 amide bonds. The summed E-state index contributed by atoms with van der Waals surface area (Å²) < 4.78 is 11.8. The van der Waals surface area contributed by atoms with Crippen molar-refractivity contribution in [3.8, 4) is 5.75 Å². The second-order valence-corrected chi connectivity index (χ2v) is 7.98. The fourth-order valence-corrected chi connectivity index (χ4v) is 2.89. The van der Waals surface area contributed by atoms with E-state index in [2.05, 4.69) is 56.6 Å². The van der Waals surface area contributed by atoms with Gasteiger partial charge in [-0.2, -0.15) is 0 Å². The highest BCUT2D eigenvalue weighted by molar-refractivity contribution is 5.78. The van der Waals surface area contributed by atoms with E-state index in [1.54, 1.807) is 0 Å². The van der Waals surface area contributed by atoms with Crippen molar-refractivity contribution in [2.24, 2.45) is 10.9 Å². The van der Waals surface area contributed by atoms with Crippen molar-refractivity contribution in [1.82, 2.24) is 4.90 Å². The Morgan fingerprint density at radius 2 is 1.96 bits per heavy atom. The minimum Gasteiger partial charge on any atom is -0.490 e. The average molecular weight is 328 g/mol. The van der Waals surface area contributed by atoms with Crippen LogP contribution in [0.4, 0.5) is 0 Å². The van der Waals surface area contributed by atoms with Crippen LogP contribution in [0.1, 0.15) is 40.2 Å². The van der Waals surface area contributed by atoms with Gasteiger partial charge in [-0.1, -0.05) is 46.8 Å². The topological polar surface area (TPSA) is 34.1 Å². The van der Waals surface area contributed by atoms with Crippen LogP contribution in [0.15, 0.2) is 41.0 Å². The highest BCUT2D eigenvalue weighted by Crippen LogP contribution is 2.25. The fourth-order valence-electron chi connectivity index (χ4n) is 2.89. The van der Waals surface area contributed by atoms with Crippen molar-refractivity contribution in [3.05, 3.63) is 41.6 Å². The zero-order valence-electron chi connectivity index (χ0n) is 15.4. The maximum Gasteiger partial charge on any atom is 0.292 e. The molecule has 0 bridgehead atoms.